The fraction of sp³-hybridized carbons (Fsp3) is 0.364. The van der Waals surface area contributed by atoms with Gasteiger partial charge in [-0.15, -0.1) is 0 Å². The van der Waals surface area contributed by atoms with Gasteiger partial charge in [-0.1, -0.05) is 6.07 Å². The Kier molecular flexibility index (Phi) is 5.81. The summed E-state index contributed by atoms with van der Waals surface area (Å²) in [6.07, 6.45) is 0. The number of amides is 1. The number of hydrogen-bond acceptors (Lipinski definition) is 5. The van der Waals surface area contributed by atoms with Crippen LogP contribution in [-0.2, 0) is 10.0 Å². The summed E-state index contributed by atoms with van der Waals surface area (Å²) in [5.41, 5.74) is -0.157. The molecule has 0 spiro atoms. The van der Waals surface area contributed by atoms with Gasteiger partial charge in [0.1, 0.15) is 4.47 Å². The van der Waals surface area contributed by atoms with Gasteiger partial charge in [0.05, 0.1) is 16.2 Å². The van der Waals surface area contributed by atoms with Crippen molar-refractivity contribution in [1.82, 2.24) is 9.62 Å². The zero-order chi connectivity index (χ0) is 16.2. The molecule has 0 saturated heterocycles. The first-order chi connectivity index (χ1) is 9.66. The Labute approximate surface area is 130 Å². The summed E-state index contributed by atoms with van der Waals surface area (Å²) in [6, 6.07) is 4.05. The molecular weight excluding hydrogens is 366 g/mol. The minimum atomic E-state index is -3.41. The van der Waals surface area contributed by atoms with Crippen molar-refractivity contribution in [3.8, 4) is 0 Å². The van der Waals surface area contributed by atoms with Gasteiger partial charge in [0.15, 0.2) is 0 Å². The smallest absolute Gasteiger partial charge is 0.284 e. The van der Waals surface area contributed by atoms with Gasteiger partial charge in [-0.05, 0) is 22.0 Å². The van der Waals surface area contributed by atoms with Crippen molar-refractivity contribution in [3.05, 3.63) is 38.3 Å². The molecule has 0 unspecified atom stereocenters. The predicted octanol–water partition coefficient (Wildman–Crippen LogP) is 0.979. The molecule has 0 heterocycles. The second-order valence-corrected chi connectivity index (χ2v) is 7.35. The molecule has 0 aliphatic rings. The second kappa shape index (κ2) is 6.96. The number of hydrogen-bond donors (Lipinski definition) is 1. The molecule has 10 heteroatoms. The number of nitro benzene ring substituents is 1. The number of rotatable bonds is 6. The summed E-state index contributed by atoms with van der Waals surface area (Å²) in [4.78, 5) is 22.1. The lowest BCUT2D eigenvalue weighted by molar-refractivity contribution is -0.385. The van der Waals surface area contributed by atoms with Crippen molar-refractivity contribution in [2.75, 3.05) is 26.4 Å². The number of halogens is 1. The summed E-state index contributed by atoms with van der Waals surface area (Å²) < 4.78 is 24.2. The van der Waals surface area contributed by atoms with Crippen LogP contribution in [0.15, 0.2) is 22.7 Å². The molecule has 1 N–H and O–H groups in total. The molecule has 0 atom stereocenters. The summed E-state index contributed by atoms with van der Waals surface area (Å²) in [5, 5.41) is 13.2. The molecule has 8 nitrogen and oxygen atoms in total. The molecule has 0 aliphatic carbocycles. The first-order valence-electron chi connectivity index (χ1n) is 5.78. The quantitative estimate of drug-likeness (QED) is 0.584. The average Bonchev–Trinajstić information content (AvgIpc) is 2.37. The van der Waals surface area contributed by atoms with E-state index in [0.29, 0.717) is 0 Å². The van der Waals surface area contributed by atoms with Gasteiger partial charge in [0.25, 0.3) is 11.6 Å². The monoisotopic (exact) mass is 379 g/mol. The lowest BCUT2D eigenvalue weighted by Gasteiger charge is -2.12. The van der Waals surface area contributed by atoms with Crippen LogP contribution in [-0.4, -0.2) is 49.9 Å². The number of benzene rings is 1. The third-order valence-corrected chi connectivity index (χ3v) is 5.29. The summed E-state index contributed by atoms with van der Waals surface area (Å²) in [5.74, 6) is -0.835. The Balaban J connectivity index is 2.78. The van der Waals surface area contributed by atoms with Crippen molar-refractivity contribution in [2.24, 2.45) is 0 Å². The van der Waals surface area contributed by atoms with Gasteiger partial charge in [-0.2, -0.15) is 0 Å². The molecule has 0 saturated carbocycles. The number of nitro groups is 1. The Morgan fingerprint density at radius 3 is 2.57 bits per heavy atom. The Hall–Kier alpha value is -1.52. The van der Waals surface area contributed by atoms with E-state index < -0.39 is 20.9 Å². The topological polar surface area (TPSA) is 110 Å². The largest absolute Gasteiger partial charge is 0.351 e. The highest BCUT2D eigenvalue weighted by atomic mass is 79.9. The van der Waals surface area contributed by atoms with Crippen LogP contribution in [0.1, 0.15) is 10.4 Å². The normalized spacial score (nSPS) is 11.4. The number of carbonyl (C=O) groups is 1. The standard InChI is InChI=1S/C11H14BrN3O5S/c1-14(2)21(19,20)7-6-13-11(16)8-4-3-5-9(10(8)12)15(17)18/h3-5H,6-7H2,1-2H3,(H,13,16). The Morgan fingerprint density at radius 2 is 2.05 bits per heavy atom. The molecule has 116 valence electrons. The summed E-state index contributed by atoms with van der Waals surface area (Å²) in [7, 11) is -0.615. The van der Waals surface area contributed by atoms with Gasteiger partial charge < -0.3 is 5.32 Å². The number of carbonyl (C=O) groups excluding carboxylic acids is 1. The van der Waals surface area contributed by atoms with E-state index in [9.17, 15) is 23.3 Å². The van der Waals surface area contributed by atoms with Crippen molar-refractivity contribution < 1.29 is 18.1 Å². The molecule has 1 rings (SSSR count). The number of nitrogens with one attached hydrogen (secondary N) is 1. The summed E-state index contributed by atoms with van der Waals surface area (Å²) >= 11 is 3.01. The van der Waals surface area contributed by atoms with Gasteiger partial charge in [-0.25, -0.2) is 12.7 Å². The van der Waals surface area contributed by atoms with Crippen LogP contribution < -0.4 is 5.32 Å². The van der Waals surface area contributed by atoms with Crippen LogP contribution in [0.5, 0.6) is 0 Å². The SMILES string of the molecule is CN(C)S(=O)(=O)CCNC(=O)c1cccc([N+](=O)[O-])c1Br. The zero-order valence-corrected chi connectivity index (χ0v) is 13.8. The molecule has 0 aliphatic heterocycles. The molecule has 0 aromatic heterocycles. The molecule has 0 fully saturated rings. The van der Waals surface area contributed by atoms with Gasteiger partial charge in [0, 0.05) is 26.7 Å². The van der Waals surface area contributed by atoms with Crippen LogP contribution in [0.2, 0.25) is 0 Å². The van der Waals surface area contributed by atoms with Crippen LogP contribution in [0.25, 0.3) is 0 Å². The fourth-order valence-electron chi connectivity index (χ4n) is 1.41. The maximum atomic E-state index is 11.9. The molecule has 1 aromatic rings. The highest BCUT2D eigenvalue weighted by Crippen LogP contribution is 2.28. The minimum Gasteiger partial charge on any atom is -0.351 e. The van der Waals surface area contributed by atoms with Gasteiger partial charge in [0.2, 0.25) is 10.0 Å². The maximum Gasteiger partial charge on any atom is 0.284 e. The third-order valence-electron chi connectivity index (χ3n) is 2.62. The van der Waals surface area contributed by atoms with E-state index in [1.807, 2.05) is 0 Å². The van der Waals surface area contributed by atoms with E-state index in [1.165, 1.54) is 32.3 Å². The van der Waals surface area contributed by atoms with E-state index >= 15 is 0 Å². The van der Waals surface area contributed by atoms with E-state index in [0.717, 1.165) is 4.31 Å². The van der Waals surface area contributed by atoms with Crippen LogP contribution in [0, 0.1) is 10.1 Å². The van der Waals surface area contributed by atoms with Crippen molar-refractivity contribution in [2.45, 2.75) is 0 Å². The average molecular weight is 380 g/mol. The molecular formula is C11H14BrN3O5S. The van der Waals surface area contributed by atoms with Crippen molar-refractivity contribution >= 4 is 37.5 Å². The number of sulfonamides is 1. The van der Waals surface area contributed by atoms with Crippen LogP contribution >= 0.6 is 15.9 Å². The predicted molar refractivity (Wildman–Crippen MR) is 80.6 cm³/mol. The zero-order valence-electron chi connectivity index (χ0n) is 11.4. The lowest BCUT2D eigenvalue weighted by atomic mass is 10.2. The van der Waals surface area contributed by atoms with Gasteiger partial charge in [-0.3, -0.25) is 14.9 Å². The van der Waals surface area contributed by atoms with E-state index in [4.69, 9.17) is 0 Å². The molecule has 21 heavy (non-hydrogen) atoms. The minimum absolute atomic E-state index is 0.0583. The van der Waals surface area contributed by atoms with Gasteiger partial charge >= 0.3 is 0 Å². The summed E-state index contributed by atoms with van der Waals surface area (Å²) in [6.45, 7) is -0.0888. The Morgan fingerprint density at radius 1 is 1.43 bits per heavy atom. The maximum absolute atomic E-state index is 11.9. The molecule has 1 aromatic carbocycles. The fourth-order valence-corrected chi connectivity index (χ4v) is 2.72. The lowest BCUT2D eigenvalue weighted by Crippen LogP contribution is -2.34. The third kappa shape index (κ3) is 4.48. The van der Waals surface area contributed by atoms with Crippen molar-refractivity contribution in [3.63, 3.8) is 0 Å². The second-order valence-electron chi connectivity index (χ2n) is 4.25. The molecule has 0 bridgehead atoms. The molecule has 1 amide bonds. The van der Waals surface area contributed by atoms with Crippen molar-refractivity contribution in [1.29, 1.82) is 0 Å². The first kappa shape index (κ1) is 17.5. The molecule has 0 radical (unpaired) electrons. The first-order valence-corrected chi connectivity index (χ1v) is 8.18. The van der Waals surface area contributed by atoms with E-state index in [1.54, 1.807) is 0 Å². The van der Waals surface area contributed by atoms with Crippen LogP contribution in [0.3, 0.4) is 0 Å². The Bertz CT molecular complexity index is 660. The van der Waals surface area contributed by atoms with Crippen LogP contribution in [0.4, 0.5) is 5.69 Å². The van der Waals surface area contributed by atoms with E-state index in [2.05, 4.69) is 21.2 Å². The highest BCUT2D eigenvalue weighted by molar-refractivity contribution is 9.10. The highest BCUT2D eigenvalue weighted by Gasteiger charge is 2.20. The van der Waals surface area contributed by atoms with E-state index in [-0.39, 0.29) is 28.0 Å². The number of nitrogens with zero attached hydrogens (tertiary/aromatic N) is 2.